The number of carboxylic acids is 1. The van der Waals surface area contributed by atoms with Crippen molar-refractivity contribution in [3.8, 4) is 0 Å². The molecule has 0 amide bonds. The summed E-state index contributed by atoms with van der Waals surface area (Å²) < 4.78 is 40.4. The molecule has 2 fully saturated rings. The van der Waals surface area contributed by atoms with E-state index in [1.165, 1.54) is 6.92 Å². The number of aliphatic carboxylic acids is 1. The van der Waals surface area contributed by atoms with Crippen LogP contribution >= 0.6 is 11.6 Å². The highest BCUT2D eigenvalue weighted by molar-refractivity contribution is 6.30. The number of nitrogens with zero attached hydrogens (tertiary/aromatic N) is 1. The van der Waals surface area contributed by atoms with Gasteiger partial charge in [0.25, 0.3) is 0 Å². The van der Waals surface area contributed by atoms with E-state index >= 15 is 0 Å². The Balaban J connectivity index is 1.86. The average molecular weight is 460 g/mol. The maximum absolute atomic E-state index is 13.5. The molecule has 1 aromatic carbocycles. The van der Waals surface area contributed by atoms with Crippen LogP contribution in [0.1, 0.15) is 69.8 Å². The molecule has 3 nitrogen and oxygen atoms in total. The quantitative estimate of drug-likeness (QED) is 0.467. The standard InChI is InChI=1S/C24H33ClF3NO2/c1-16(24(26,27)28)14-29(15-17-4-2-3-5-17)22-11-6-18(13-23(30)31)12-21(22)19-7-9-20(25)10-8-19/h7-10,16-18,21-22H,2-6,11-15H2,1H3,(H,30,31). The molecule has 31 heavy (non-hydrogen) atoms. The number of hydrogen-bond acceptors (Lipinski definition) is 2. The molecular weight excluding hydrogens is 427 g/mol. The molecule has 0 heterocycles. The lowest BCUT2D eigenvalue weighted by atomic mass is 9.72. The van der Waals surface area contributed by atoms with E-state index in [9.17, 15) is 23.1 Å². The van der Waals surface area contributed by atoms with Gasteiger partial charge in [-0.3, -0.25) is 9.69 Å². The fourth-order valence-electron chi connectivity index (χ4n) is 5.50. The predicted octanol–water partition coefficient (Wildman–Crippen LogP) is 6.76. The van der Waals surface area contributed by atoms with Gasteiger partial charge in [-0.15, -0.1) is 0 Å². The first kappa shape index (κ1) is 24.4. The van der Waals surface area contributed by atoms with Gasteiger partial charge in [-0.05, 0) is 67.6 Å². The van der Waals surface area contributed by atoms with E-state index in [0.29, 0.717) is 23.9 Å². The third-order valence-electron chi connectivity index (χ3n) is 7.19. The molecule has 3 rings (SSSR count). The smallest absolute Gasteiger partial charge is 0.392 e. The topological polar surface area (TPSA) is 40.5 Å². The molecule has 4 atom stereocenters. The van der Waals surface area contributed by atoms with E-state index in [0.717, 1.165) is 44.1 Å². The van der Waals surface area contributed by atoms with E-state index < -0.39 is 18.1 Å². The lowest BCUT2D eigenvalue weighted by Crippen LogP contribution is -2.48. The fraction of sp³-hybridized carbons (Fsp3) is 0.708. The summed E-state index contributed by atoms with van der Waals surface area (Å²) in [6, 6.07) is 7.51. The van der Waals surface area contributed by atoms with Crippen LogP contribution in [-0.4, -0.2) is 41.3 Å². The van der Waals surface area contributed by atoms with Crippen LogP contribution in [0.4, 0.5) is 13.2 Å². The van der Waals surface area contributed by atoms with Crippen LogP contribution in [0.25, 0.3) is 0 Å². The van der Waals surface area contributed by atoms with Gasteiger partial charge in [-0.25, -0.2) is 0 Å². The Morgan fingerprint density at radius 1 is 1.13 bits per heavy atom. The predicted molar refractivity (Wildman–Crippen MR) is 116 cm³/mol. The third kappa shape index (κ3) is 6.85. The first-order valence-electron chi connectivity index (χ1n) is 11.4. The van der Waals surface area contributed by atoms with Crippen LogP contribution in [-0.2, 0) is 4.79 Å². The lowest BCUT2D eigenvalue weighted by molar-refractivity contribution is -0.176. The Labute approximate surface area is 188 Å². The van der Waals surface area contributed by atoms with Gasteiger partial charge in [0.05, 0.1) is 5.92 Å². The summed E-state index contributed by atoms with van der Waals surface area (Å²) in [5, 5.41) is 9.90. The Kier molecular flexibility index (Phi) is 8.31. The van der Waals surface area contributed by atoms with Crippen LogP contribution in [0.5, 0.6) is 0 Å². The lowest BCUT2D eigenvalue weighted by Gasteiger charge is -2.44. The van der Waals surface area contributed by atoms with Gasteiger partial charge in [-0.2, -0.15) is 13.2 Å². The van der Waals surface area contributed by atoms with Crippen molar-refractivity contribution >= 4 is 17.6 Å². The Bertz CT molecular complexity index is 719. The molecule has 0 saturated heterocycles. The van der Waals surface area contributed by atoms with Gasteiger partial charge in [0.2, 0.25) is 0 Å². The maximum Gasteiger partial charge on any atom is 0.392 e. The van der Waals surface area contributed by atoms with Crippen LogP contribution in [0.3, 0.4) is 0 Å². The summed E-state index contributed by atoms with van der Waals surface area (Å²) in [7, 11) is 0. The molecule has 4 unspecified atom stereocenters. The van der Waals surface area contributed by atoms with Crippen molar-refractivity contribution < 1.29 is 23.1 Å². The Morgan fingerprint density at radius 2 is 1.77 bits per heavy atom. The molecule has 2 aliphatic rings. The number of benzene rings is 1. The van der Waals surface area contributed by atoms with E-state index in [-0.39, 0.29) is 30.8 Å². The number of carboxylic acid groups (broad SMARTS) is 1. The largest absolute Gasteiger partial charge is 0.481 e. The van der Waals surface area contributed by atoms with Gasteiger partial charge in [0.1, 0.15) is 0 Å². The van der Waals surface area contributed by atoms with Crippen LogP contribution in [0.15, 0.2) is 24.3 Å². The second-order valence-corrected chi connectivity index (χ2v) is 9.99. The first-order chi connectivity index (χ1) is 14.6. The molecule has 2 aliphatic carbocycles. The summed E-state index contributed by atoms with van der Waals surface area (Å²) in [4.78, 5) is 13.4. The van der Waals surface area contributed by atoms with Crippen molar-refractivity contribution in [3.05, 3.63) is 34.9 Å². The number of carbonyl (C=O) groups is 1. The van der Waals surface area contributed by atoms with E-state index in [2.05, 4.69) is 4.90 Å². The zero-order valence-corrected chi connectivity index (χ0v) is 18.8. The molecule has 0 bridgehead atoms. The Hall–Kier alpha value is -1.27. The summed E-state index contributed by atoms with van der Waals surface area (Å²) in [6.07, 6.45) is 2.50. The minimum atomic E-state index is -4.22. The highest BCUT2D eigenvalue weighted by atomic mass is 35.5. The number of rotatable bonds is 8. The van der Waals surface area contributed by atoms with Gasteiger partial charge < -0.3 is 5.11 Å². The zero-order chi connectivity index (χ0) is 22.6. The highest BCUT2D eigenvalue weighted by Crippen LogP contribution is 2.42. The van der Waals surface area contributed by atoms with E-state index in [1.54, 1.807) is 0 Å². The van der Waals surface area contributed by atoms with Crippen molar-refractivity contribution in [2.75, 3.05) is 13.1 Å². The Morgan fingerprint density at radius 3 is 2.35 bits per heavy atom. The SMILES string of the molecule is CC(CN(CC1CCCC1)C1CCC(CC(=O)O)CC1c1ccc(Cl)cc1)C(F)(F)F. The van der Waals surface area contributed by atoms with Crippen molar-refractivity contribution in [1.82, 2.24) is 4.90 Å². The average Bonchev–Trinajstić information content (AvgIpc) is 3.20. The van der Waals surface area contributed by atoms with Crippen LogP contribution < -0.4 is 0 Å². The van der Waals surface area contributed by atoms with Gasteiger partial charge in [0.15, 0.2) is 0 Å². The second-order valence-electron chi connectivity index (χ2n) is 9.55. The molecule has 7 heteroatoms. The second kappa shape index (κ2) is 10.6. The zero-order valence-electron chi connectivity index (χ0n) is 18.1. The molecule has 0 aromatic heterocycles. The summed E-state index contributed by atoms with van der Waals surface area (Å²) in [5.74, 6) is -1.70. The molecule has 0 radical (unpaired) electrons. The maximum atomic E-state index is 13.5. The minimum absolute atomic E-state index is 0.00163. The molecule has 174 valence electrons. The number of halogens is 4. The first-order valence-corrected chi connectivity index (χ1v) is 11.8. The third-order valence-corrected chi connectivity index (χ3v) is 7.44. The van der Waals surface area contributed by atoms with E-state index in [1.807, 2.05) is 24.3 Å². The van der Waals surface area contributed by atoms with Crippen molar-refractivity contribution in [2.24, 2.45) is 17.8 Å². The van der Waals surface area contributed by atoms with Gasteiger partial charge in [0, 0.05) is 30.6 Å². The van der Waals surface area contributed by atoms with Gasteiger partial charge >= 0.3 is 12.1 Å². The van der Waals surface area contributed by atoms with Gasteiger partial charge in [-0.1, -0.05) is 43.5 Å². The summed E-state index contributed by atoms with van der Waals surface area (Å²) in [6.45, 7) is 1.96. The highest BCUT2D eigenvalue weighted by Gasteiger charge is 2.42. The normalized spacial score (nSPS) is 26.3. The molecule has 1 N–H and O–H groups in total. The number of hydrogen-bond donors (Lipinski definition) is 1. The minimum Gasteiger partial charge on any atom is -0.481 e. The molecular formula is C24H33ClF3NO2. The molecule has 0 spiro atoms. The number of alkyl halides is 3. The molecule has 2 saturated carbocycles. The fourth-order valence-corrected chi connectivity index (χ4v) is 5.63. The molecule has 0 aliphatic heterocycles. The van der Waals surface area contributed by atoms with Crippen LogP contribution in [0, 0.1) is 17.8 Å². The van der Waals surface area contributed by atoms with Crippen molar-refractivity contribution in [2.45, 2.75) is 76.4 Å². The molecule has 1 aromatic rings. The van der Waals surface area contributed by atoms with Crippen LogP contribution in [0.2, 0.25) is 5.02 Å². The monoisotopic (exact) mass is 459 g/mol. The summed E-state index contributed by atoms with van der Waals surface area (Å²) in [5.41, 5.74) is 1.04. The van der Waals surface area contributed by atoms with Crippen molar-refractivity contribution in [3.63, 3.8) is 0 Å². The van der Waals surface area contributed by atoms with E-state index in [4.69, 9.17) is 11.6 Å². The summed E-state index contributed by atoms with van der Waals surface area (Å²) >= 11 is 6.07. The van der Waals surface area contributed by atoms with Crippen molar-refractivity contribution in [1.29, 1.82) is 0 Å².